The fourth-order valence-electron chi connectivity index (χ4n) is 1.82. The molecular weight excluding hydrogens is 390 g/mol. The van der Waals surface area contributed by atoms with Crippen LogP contribution in [-0.4, -0.2) is 32.2 Å². The number of rotatable bonds is 5. The van der Waals surface area contributed by atoms with Gasteiger partial charge in [-0.1, -0.05) is 15.9 Å². The van der Waals surface area contributed by atoms with Crippen LogP contribution in [-0.2, 0) is 9.59 Å². The van der Waals surface area contributed by atoms with Crippen molar-refractivity contribution < 1.29 is 19.1 Å². The zero-order valence-electron chi connectivity index (χ0n) is 13.6. The van der Waals surface area contributed by atoms with Crippen LogP contribution < -0.4 is 20.2 Å². The molecule has 0 saturated heterocycles. The molecule has 2 amide bonds. The number of benzene rings is 2. The van der Waals surface area contributed by atoms with Gasteiger partial charge in [-0.15, -0.1) is 0 Å². The SMILES string of the molecule is COc1ccc(NC(=O)C(=O)N/N=C\c2cc(OC)ccc2Br)cc1. The van der Waals surface area contributed by atoms with E-state index in [1.807, 2.05) is 0 Å². The van der Waals surface area contributed by atoms with Crippen LogP contribution in [0, 0.1) is 0 Å². The average molecular weight is 406 g/mol. The Labute approximate surface area is 153 Å². The van der Waals surface area contributed by atoms with E-state index in [1.54, 1.807) is 56.7 Å². The first-order chi connectivity index (χ1) is 12.0. The Hall–Kier alpha value is -2.87. The van der Waals surface area contributed by atoms with Gasteiger partial charge >= 0.3 is 11.8 Å². The van der Waals surface area contributed by atoms with E-state index in [4.69, 9.17) is 9.47 Å². The predicted molar refractivity (Wildman–Crippen MR) is 98.1 cm³/mol. The number of anilines is 1. The second-order valence-electron chi connectivity index (χ2n) is 4.77. The Morgan fingerprint density at radius 1 is 1.00 bits per heavy atom. The summed E-state index contributed by atoms with van der Waals surface area (Å²) >= 11 is 3.36. The zero-order valence-corrected chi connectivity index (χ0v) is 15.2. The molecule has 0 saturated carbocycles. The highest BCUT2D eigenvalue weighted by Crippen LogP contribution is 2.20. The van der Waals surface area contributed by atoms with Crippen LogP contribution in [0.15, 0.2) is 52.0 Å². The van der Waals surface area contributed by atoms with Crippen molar-refractivity contribution in [1.82, 2.24) is 5.43 Å². The van der Waals surface area contributed by atoms with E-state index in [0.717, 1.165) is 4.47 Å². The molecule has 0 spiro atoms. The molecule has 0 aromatic heterocycles. The summed E-state index contributed by atoms with van der Waals surface area (Å²) in [6.07, 6.45) is 1.41. The van der Waals surface area contributed by atoms with E-state index in [2.05, 4.69) is 31.8 Å². The molecule has 2 rings (SSSR count). The van der Waals surface area contributed by atoms with Crippen molar-refractivity contribution in [3.8, 4) is 11.5 Å². The van der Waals surface area contributed by atoms with Crippen molar-refractivity contribution in [1.29, 1.82) is 0 Å². The van der Waals surface area contributed by atoms with Gasteiger partial charge in [-0.05, 0) is 42.5 Å². The summed E-state index contributed by atoms with van der Waals surface area (Å²) in [5, 5.41) is 6.24. The number of methoxy groups -OCH3 is 2. The molecule has 25 heavy (non-hydrogen) atoms. The number of carbonyl (C=O) groups is 2. The topological polar surface area (TPSA) is 89.0 Å². The number of nitrogens with one attached hydrogen (secondary N) is 2. The van der Waals surface area contributed by atoms with Crippen LogP contribution in [0.5, 0.6) is 11.5 Å². The van der Waals surface area contributed by atoms with Crippen LogP contribution in [0.3, 0.4) is 0 Å². The number of halogens is 1. The molecule has 130 valence electrons. The fourth-order valence-corrected chi connectivity index (χ4v) is 2.17. The molecule has 0 unspecified atom stereocenters. The first kappa shape index (κ1) is 18.5. The van der Waals surface area contributed by atoms with Gasteiger partial charge in [-0.2, -0.15) is 5.10 Å². The smallest absolute Gasteiger partial charge is 0.329 e. The van der Waals surface area contributed by atoms with Gasteiger partial charge in [-0.3, -0.25) is 9.59 Å². The molecule has 0 heterocycles. The lowest BCUT2D eigenvalue weighted by Gasteiger charge is -2.05. The second kappa shape index (κ2) is 8.84. The van der Waals surface area contributed by atoms with E-state index < -0.39 is 11.8 Å². The largest absolute Gasteiger partial charge is 0.497 e. The minimum atomic E-state index is -0.883. The summed E-state index contributed by atoms with van der Waals surface area (Å²) in [6, 6.07) is 11.9. The lowest BCUT2D eigenvalue weighted by Crippen LogP contribution is -2.32. The highest BCUT2D eigenvalue weighted by atomic mass is 79.9. The maximum absolute atomic E-state index is 11.8. The van der Waals surface area contributed by atoms with Gasteiger partial charge in [0.1, 0.15) is 11.5 Å². The van der Waals surface area contributed by atoms with Gasteiger partial charge in [0, 0.05) is 15.7 Å². The molecule has 0 atom stereocenters. The Bertz CT molecular complexity index is 791. The van der Waals surface area contributed by atoms with E-state index in [9.17, 15) is 9.59 Å². The highest BCUT2D eigenvalue weighted by molar-refractivity contribution is 9.10. The number of nitrogens with zero attached hydrogens (tertiary/aromatic N) is 1. The number of hydrogen-bond donors (Lipinski definition) is 2. The number of carbonyl (C=O) groups excluding carboxylic acids is 2. The summed E-state index contributed by atoms with van der Waals surface area (Å²) in [4.78, 5) is 23.6. The van der Waals surface area contributed by atoms with Gasteiger partial charge in [0.25, 0.3) is 0 Å². The molecule has 2 N–H and O–H groups in total. The number of ether oxygens (including phenoxy) is 2. The van der Waals surface area contributed by atoms with Crippen molar-refractivity contribution in [2.45, 2.75) is 0 Å². The minimum Gasteiger partial charge on any atom is -0.497 e. The van der Waals surface area contributed by atoms with Crippen LogP contribution in [0.25, 0.3) is 0 Å². The van der Waals surface area contributed by atoms with Gasteiger partial charge in [0.2, 0.25) is 0 Å². The second-order valence-corrected chi connectivity index (χ2v) is 5.62. The highest BCUT2D eigenvalue weighted by Gasteiger charge is 2.12. The first-order valence-corrected chi connectivity index (χ1v) is 7.94. The lowest BCUT2D eigenvalue weighted by molar-refractivity contribution is -0.136. The molecule has 0 aliphatic rings. The zero-order chi connectivity index (χ0) is 18.2. The van der Waals surface area contributed by atoms with Crippen LogP contribution in [0.2, 0.25) is 0 Å². The van der Waals surface area contributed by atoms with E-state index >= 15 is 0 Å². The summed E-state index contributed by atoms with van der Waals surface area (Å²) < 4.78 is 10.9. The summed E-state index contributed by atoms with van der Waals surface area (Å²) in [7, 11) is 3.09. The molecule has 0 aliphatic carbocycles. The van der Waals surface area contributed by atoms with Crippen molar-refractivity contribution in [2.24, 2.45) is 5.10 Å². The van der Waals surface area contributed by atoms with Gasteiger partial charge in [-0.25, -0.2) is 5.43 Å². The maximum atomic E-state index is 11.8. The van der Waals surface area contributed by atoms with Crippen molar-refractivity contribution in [3.05, 3.63) is 52.5 Å². The quantitative estimate of drug-likeness (QED) is 0.454. The standard InChI is InChI=1S/C17H16BrN3O4/c1-24-13-5-3-12(4-6-13)20-16(22)17(23)21-19-10-11-9-14(25-2)7-8-15(11)18/h3-10H,1-2H3,(H,20,22)(H,21,23)/b19-10-. The molecule has 8 heteroatoms. The van der Waals surface area contributed by atoms with Crippen LogP contribution >= 0.6 is 15.9 Å². The molecular formula is C17H16BrN3O4. The Morgan fingerprint density at radius 3 is 2.28 bits per heavy atom. The number of amides is 2. The number of hydrazone groups is 1. The van der Waals surface area contributed by atoms with Gasteiger partial charge < -0.3 is 14.8 Å². The summed E-state index contributed by atoms with van der Waals surface area (Å²) in [5.41, 5.74) is 3.33. The summed E-state index contributed by atoms with van der Waals surface area (Å²) in [5.74, 6) is -0.415. The Kier molecular flexibility index (Phi) is 6.53. The normalized spacial score (nSPS) is 10.4. The molecule has 0 aliphatic heterocycles. The first-order valence-electron chi connectivity index (χ1n) is 7.15. The van der Waals surface area contributed by atoms with E-state index in [1.165, 1.54) is 6.21 Å². The van der Waals surface area contributed by atoms with Crippen molar-refractivity contribution in [2.75, 3.05) is 19.5 Å². The predicted octanol–water partition coefficient (Wildman–Crippen LogP) is 2.56. The molecule has 0 radical (unpaired) electrons. The fraction of sp³-hybridized carbons (Fsp3) is 0.118. The third kappa shape index (κ3) is 5.32. The average Bonchev–Trinajstić information content (AvgIpc) is 2.63. The maximum Gasteiger partial charge on any atom is 0.329 e. The van der Waals surface area contributed by atoms with Crippen LogP contribution in [0.4, 0.5) is 5.69 Å². The Morgan fingerprint density at radius 2 is 1.64 bits per heavy atom. The third-order valence-electron chi connectivity index (χ3n) is 3.13. The van der Waals surface area contributed by atoms with E-state index in [0.29, 0.717) is 22.7 Å². The van der Waals surface area contributed by atoms with E-state index in [-0.39, 0.29) is 0 Å². The van der Waals surface area contributed by atoms with Gasteiger partial charge in [0.15, 0.2) is 0 Å². The molecule has 0 fully saturated rings. The molecule has 0 bridgehead atoms. The Balaban J connectivity index is 1.93. The summed E-state index contributed by atoms with van der Waals surface area (Å²) in [6.45, 7) is 0. The van der Waals surface area contributed by atoms with Gasteiger partial charge in [0.05, 0.1) is 20.4 Å². The third-order valence-corrected chi connectivity index (χ3v) is 3.85. The monoisotopic (exact) mass is 405 g/mol. The van der Waals surface area contributed by atoms with Crippen molar-refractivity contribution in [3.63, 3.8) is 0 Å². The lowest BCUT2D eigenvalue weighted by atomic mass is 10.2. The molecule has 2 aromatic carbocycles. The van der Waals surface area contributed by atoms with Crippen molar-refractivity contribution >= 4 is 39.6 Å². The molecule has 7 nitrogen and oxygen atoms in total. The number of hydrogen-bond acceptors (Lipinski definition) is 5. The van der Waals surface area contributed by atoms with Crippen LogP contribution in [0.1, 0.15) is 5.56 Å². The molecule has 2 aromatic rings. The minimum absolute atomic E-state index is 0.473.